The first kappa shape index (κ1) is 14.4. The lowest BCUT2D eigenvalue weighted by atomic mass is 10.2. The van der Waals surface area contributed by atoms with Gasteiger partial charge in [0, 0.05) is 0 Å². The molecule has 0 atom stereocenters. The molecule has 0 saturated carbocycles. The van der Waals surface area contributed by atoms with Gasteiger partial charge in [0.1, 0.15) is 4.60 Å². The fourth-order valence-corrected chi connectivity index (χ4v) is 2.81. The first-order valence-corrected chi connectivity index (χ1v) is 7.87. The van der Waals surface area contributed by atoms with E-state index >= 15 is 0 Å². The summed E-state index contributed by atoms with van der Waals surface area (Å²) in [4.78, 5) is 4.05. The van der Waals surface area contributed by atoms with Gasteiger partial charge in [0.2, 0.25) is 10.0 Å². The molecule has 0 aliphatic carbocycles. The van der Waals surface area contributed by atoms with Gasteiger partial charge >= 0.3 is 0 Å². The first-order chi connectivity index (χ1) is 7.80. The van der Waals surface area contributed by atoms with Crippen LogP contribution in [0.25, 0.3) is 0 Å². The van der Waals surface area contributed by atoms with E-state index in [0.717, 1.165) is 10.2 Å². The highest BCUT2D eigenvalue weighted by Crippen LogP contribution is 2.18. The van der Waals surface area contributed by atoms with Gasteiger partial charge in [0.25, 0.3) is 0 Å². The number of aryl methyl sites for hydroxylation is 1. The summed E-state index contributed by atoms with van der Waals surface area (Å²) in [7, 11) is -3.26. The standard InChI is InChI=1S/C11H17BrN2O2S/c1-8(2)4-5-17(15,16)14-10-6-9(3)11(12)13-7-10/h6-8,14H,4-5H2,1-3H3. The number of hydrogen-bond acceptors (Lipinski definition) is 3. The number of anilines is 1. The van der Waals surface area contributed by atoms with E-state index in [0.29, 0.717) is 18.0 Å². The normalized spacial score (nSPS) is 11.8. The molecule has 0 spiro atoms. The van der Waals surface area contributed by atoms with Gasteiger partial charge in [-0.2, -0.15) is 0 Å². The van der Waals surface area contributed by atoms with Gasteiger partial charge in [-0.15, -0.1) is 0 Å². The quantitative estimate of drug-likeness (QED) is 0.848. The van der Waals surface area contributed by atoms with Crippen LogP contribution in [0.4, 0.5) is 5.69 Å². The zero-order valence-corrected chi connectivity index (χ0v) is 12.6. The van der Waals surface area contributed by atoms with Crippen molar-refractivity contribution < 1.29 is 8.42 Å². The molecule has 17 heavy (non-hydrogen) atoms. The first-order valence-electron chi connectivity index (χ1n) is 5.43. The molecule has 1 aromatic heterocycles. The molecule has 0 unspecified atom stereocenters. The lowest BCUT2D eigenvalue weighted by Gasteiger charge is -2.10. The van der Waals surface area contributed by atoms with E-state index in [2.05, 4.69) is 25.6 Å². The maximum absolute atomic E-state index is 11.8. The van der Waals surface area contributed by atoms with Crippen molar-refractivity contribution in [1.82, 2.24) is 4.98 Å². The molecule has 0 aliphatic heterocycles. The van der Waals surface area contributed by atoms with Crippen LogP contribution in [0.3, 0.4) is 0 Å². The van der Waals surface area contributed by atoms with Crippen LogP contribution in [-0.2, 0) is 10.0 Å². The van der Waals surface area contributed by atoms with E-state index in [1.54, 1.807) is 6.07 Å². The van der Waals surface area contributed by atoms with Crippen molar-refractivity contribution in [3.63, 3.8) is 0 Å². The molecule has 1 heterocycles. The van der Waals surface area contributed by atoms with E-state index in [9.17, 15) is 8.42 Å². The molecule has 4 nitrogen and oxygen atoms in total. The number of hydrogen-bond donors (Lipinski definition) is 1. The highest BCUT2D eigenvalue weighted by molar-refractivity contribution is 9.10. The van der Waals surface area contributed by atoms with Crippen molar-refractivity contribution >= 4 is 31.6 Å². The van der Waals surface area contributed by atoms with Gasteiger partial charge in [-0.05, 0) is 46.8 Å². The Morgan fingerprint density at radius 3 is 2.65 bits per heavy atom. The van der Waals surface area contributed by atoms with Crippen LogP contribution in [0.15, 0.2) is 16.9 Å². The van der Waals surface area contributed by atoms with Crippen molar-refractivity contribution in [2.75, 3.05) is 10.5 Å². The van der Waals surface area contributed by atoms with Crippen molar-refractivity contribution in [3.8, 4) is 0 Å². The van der Waals surface area contributed by atoms with Crippen molar-refractivity contribution in [3.05, 3.63) is 22.4 Å². The molecule has 0 aliphatic rings. The molecule has 0 fully saturated rings. The molecule has 0 saturated heterocycles. The second-order valence-electron chi connectivity index (χ2n) is 4.44. The number of sulfonamides is 1. The van der Waals surface area contributed by atoms with Crippen LogP contribution in [0, 0.1) is 12.8 Å². The Bertz CT molecular complexity index is 486. The van der Waals surface area contributed by atoms with Crippen LogP contribution in [0.1, 0.15) is 25.8 Å². The smallest absolute Gasteiger partial charge is 0.232 e. The third-order valence-corrected chi connectivity index (χ3v) is 4.40. The second-order valence-corrected chi connectivity index (χ2v) is 7.03. The van der Waals surface area contributed by atoms with Gasteiger partial charge in [-0.3, -0.25) is 4.72 Å². The number of nitrogens with one attached hydrogen (secondary N) is 1. The summed E-state index contributed by atoms with van der Waals surface area (Å²) in [5.74, 6) is 0.510. The topological polar surface area (TPSA) is 59.1 Å². The second kappa shape index (κ2) is 5.82. The number of aromatic nitrogens is 1. The van der Waals surface area contributed by atoms with Crippen LogP contribution in [0.2, 0.25) is 0 Å². The number of rotatable bonds is 5. The zero-order valence-electron chi connectivity index (χ0n) is 10.2. The summed E-state index contributed by atoms with van der Waals surface area (Å²) >= 11 is 3.27. The molecule has 1 N–H and O–H groups in total. The molecule has 0 aromatic carbocycles. The van der Waals surface area contributed by atoms with Gasteiger partial charge in [0.05, 0.1) is 17.6 Å². The largest absolute Gasteiger partial charge is 0.282 e. The van der Waals surface area contributed by atoms with E-state index in [4.69, 9.17) is 0 Å². The molecular weight excluding hydrogens is 304 g/mol. The lowest BCUT2D eigenvalue weighted by molar-refractivity contribution is 0.578. The predicted molar refractivity (Wildman–Crippen MR) is 73.5 cm³/mol. The predicted octanol–water partition coefficient (Wildman–Crippen LogP) is 2.94. The molecule has 1 aromatic rings. The summed E-state index contributed by atoms with van der Waals surface area (Å²) in [5, 5.41) is 0. The Morgan fingerprint density at radius 2 is 2.12 bits per heavy atom. The SMILES string of the molecule is Cc1cc(NS(=O)(=O)CCC(C)C)cnc1Br. The maximum Gasteiger partial charge on any atom is 0.232 e. The van der Waals surface area contributed by atoms with E-state index in [1.165, 1.54) is 6.20 Å². The highest BCUT2D eigenvalue weighted by Gasteiger charge is 2.12. The minimum atomic E-state index is -3.26. The summed E-state index contributed by atoms with van der Waals surface area (Å²) < 4.78 is 26.8. The van der Waals surface area contributed by atoms with Gasteiger partial charge in [-0.1, -0.05) is 13.8 Å². The minimum Gasteiger partial charge on any atom is -0.282 e. The molecule has 6 heteroatoms. The van der Waals surface area contributed by atoms with Crippen molar-refractivity contribution in [2.24, 2.45) is 5.92 Å². The Balaban J connectivity index is 2.73. The Hall–Kier alpha value is -0.620. The number of nitrogens with zero attached hydrogens (tertiary/aromatic N) is 1. The van der Waals surface area contributed by atoms with E-state index < -0.39 is 10.0 Å². The number of halogens is 1. The Morgan fingerprint density at radius 1 is 1.47 bits per heavy atom. The van der Waals surface area contributed by atoms with Crippen molar-refractivity contribution in [1.29, 1.82) is 0 Å². The van der Waals surface area contributed by atoms with Gasteiger partial charge < -0.3 is 0 Å². The van der Waals surface area contributed by atoms with E-state index in [1.807, 2.05) is 20.8 Å². The monoisotopic (exact) mass is 320 g/mol. The molecule has 1 rings (SSSR count). The minimum absolute atomic E-state index is 0.139. The molecule has 96 valence electrons. The van der Waals surface area contributed by atoms with Crippen LogP contribution in [-0.4, -0.2) is 19.2 Å². The summed E-state index contributed by atoms with van der Waals surface area (Å²) in [6, 6.07) is 1.75. The van der Waals surface area contributed by atoms with E-state index in [-0.39, 0.29) is 5.75 Å². The van der Waals surface area contributed by atoms with Crippen LogP contribution >= 0.6 is 15.9 Å². The lowest BCUT2D eigenvalue weighted by Crippen LogP contribution is -2.18. The Labute approximate surface area is 111 Å². The molecule has 0 radical (unpaired) electrons. The average molecular weight is 321 g/mol. The third-order valence-electron chi connectivity index (χ3n) is 2.25. The van der Waals surface area contributed by atoms with Gasteiger partial charge in [0.15, 0.2) is 0 Å². The maximum atomic E-state index is 11.8. The van der Waals surface area contributed by atoms with Crippen molar-refractivity contribution in [2.45, 2.75) is 27.2 Å². The number of pyridine rings is 1. The molecule has 0 amide bonds. The van der Waals surface area contributed by atoms with Gasteiger partial charge in [-0.25, -0.2) is 13.4 Å². The van der Waals surface area contributed by atoms with Crippen LogP contribution < -0.4 is 4.72 Å². The Kier molecular flexibility index (Phi) is 4.94. The zero-order chi connectivity index (χ0) is 13.1. The molecule has 0 bridgehead atoms. The fourth-order valence-electron chi connectivity index (χ4n) is 1.24. The third kappa shape index (κ3) is 5.04. The summed E-state index contributed by atoms with van der Waals surface area (Å²) in [5.41, 5.74) is 1.41. The fraction of sp³-hybridized carbons (Fsp3) is 0.545. The van der Waals surface area contributed by atoms with Crippen LogP contribution in [0.5, 0.6) is 0 Å². The molecular formula is C11H17BrN2O2S. The summed E-state index contributed by atoms with van der Waals surface area (Å²) in [6.07, 6.45) is 2.16. The highest BCUT2D eigenvalue weighted by atomic mass is 79.9. The summed E-state index contributed by atoms with van der Waals surface area (Å²) in [6.45, 7) is 5.87. The average Bonchev–Trinajstić information content (AvgIpc) is 2.21.